The molecule has 0 amide bonds. The van der Waals surface area contributed by atoms with E-state index < -0.39 is 0 Å². The van der Waals surface area contributed by atoms with Crippen molar-refractivity contribution in [1.82, 2.24) is 9.97 Å². The third-order valence-corrected chi connectivity index (χ3v) is 6.01. The van der Waals surface area contributed by atoms with Crippen LogP contribution in [0.15, 0.2) is 28.7 Å². The van der Waals surface area contributed by atoms with Crippen molar-refractivity contribution >= 4 is 54.9 Å². The Morgan fingerprint density at radius 2 is 1.92 bits per heavy atom. The van der Waals surface area contributed by atoms with E-state index in [2.05, 4.69) is 45.0 Å². The minimum absolute atomic E-state index is 0.0648. The van der Waals surface area contributed by atoms with Gasteiger partial charge in [0.2, 0.25) is 5.28 Å². The Labute approximate surface area is 164 Å². The number of benzene rings is 1. The first-order chi connectivity index (χ1) is 12.1. The monoisotopic (exact) mass is 439 g/mol. The van der Waals surface area contributed by atoms with Gasteiger partial charge >= 0.3 is 0 Å². The highest BCUT2D eigenvalue weighted by atomic mass is 79.9. The Balaban J connectivity index is 2.32. The number of hydrogen-bond donors (Lipinski definition) is 1. The minimum atomic E-state index is 0.0648. The summed E-state index contributed by atoms with van der Waals surface area (Å²) in [6, 6.07) is 8.29. The molecule has 0 atom stereocenters. The number of nitrogens with zero attached hydrogens (tertiary/aromatic N) is 3. The van der Waals surface area contributed by atoms with Gasteiger partial charge in [0, 0.05) is 28.0 Å². The molecule has 0 aliphatic rings. The summed E-state index contributed by atoms with van der Waals surface area (Å²) < 4.78 is 1.05. The Kier molecular flexibility index (Phi) is 5.94. The number of likely N-dealkylation sites (N-methyl/N-ethyl adjacent to an activating group) is 1. The summed E-state index contributed by atoms with van der Waals surface area (Å²) >= 11 is 11.3. The Morgan fingerprint density at radius 3 is 2.52 bits per heavy atom. The molecule has 3 aromatic rings. The highest BCUT2D eigenvalue weighted by Gasteiger charge is 2.22. The lowest BCUT2D eigenvalue weighted by Gasteiger charge is -2.22. The summed E-state index contributed by atoms with van der Waals surface area (Å²) in [5, 5.41) is 10.7. The highest BCUT2D eigenvalue weighted by molar-refractivity contribution is 9.10. The van der Waals surface area contributed by atoms with Crippen LogP contribution in [0.2, 0.25) is 5.28 Å². The number of anilines is 1. The van der Waals surface area contributed by atoms with E-state index in [1.807, 2.05) is 24.0 Å². The fourth-order valence-electron chi connectivity index (χ4n) is 2.94. The molecule has 0 bridgehead atoms. The van der Waals surface area contributed by atoms with Crippen LogP contribution in [0, 0.1) is 0 Å². The van der Waals surface area contributed by atoms with Crippen molar-refractivity contribution in [2.45, 2.75) is 20.3 Å². The summed E-state index contributed by atoms with van der Waals surface area (Å²) in [5.41, 5.74) is 2.30. The van der Waals surface area contributed by atoms with Gasteiger partial charge in [0.25, 0.3) is 0 Å². The molecule has 25 heavy (non-hydrogen) atoms. The number of aromatic nitrogens is 2. The zero-order valence-electron chi connectivity index (χ0n) is 14.1. The Hall–Kier alpha value is -1.21. The van der Waals surface area contributed by atoms with E-state index in [9.17, 15) is 5.11 Å². The predicted molar refractivity (Wildman–Crippen MR) is 110 cm³/mol. The van der Waals surface area contributed by atoms with Gasteiger partial charge in [-0.15, -0.1) is 11.3 Å². The molecule has 0 saturated heterocycles. The Bertz CT molecular complexity index is 882. The van der Waals surface area contributed by atoms with Gasteiger partial charge in [-0.05, 0) is 42.6 Å². The van der Waals surface area contributed by atoms with E-state index in [-0.39, 0.29) is 11.9 Å². The Morgan fingerprint density at radius 1 is 1.20 bits per heavy atom. The molecule has 1 aromatic carbocycles. The van der Waals surface area contributed by atoms with Crippen LogP contribution in [0.25, 0.3) is 21.3 Å². The van der Waals surface area contributed by atoms with Gasteiger partial charge in [0.1, 0.15) is 10.6 Å². The van der Waals surface area contributed by atoms with Crippen molar-refractivity contribution in [3.8, 4) is 11.1 Å². The van der Waals surface area contributed by atoms with Crippen LogP contribution >= 0.6 is 38.9 Å². The van der Waals surface area contributed by atoms with Crippen molar-refractivity contribution in [3.63, 3.8) is 0 Å². The van der Waals surface area contributed by atoms with Crippen LogP contribution in [0.5, 0.6) is 0 Å². The fraction of sp³-hybridized carbons (Fsp3) is 0.333. The van der Waals surface area contributed by atoms with Crippen molar-refractivity contribution < 1.29 is 5.11 Å². The smallest absolute Gasteiger partial charge is 0.225 e. The molecule has 0 spiro atoms. The normalized spacial score (nSPS) is 11.2. The summed E-state index contributed by atoms with van der Waals surface area (Å²) in [6.07, 6.45) is 0.912. The van der Waals surface area contributed by atoms with Crippen molar-refractivity contribution in [2.24, 2.45) is 0 Å². The topological polar surface area (TPSA) is 49.2 Å². The molecule has 0 fully saturated rings. The number of fused-ring (bicyclic) bond motifs is 1. The lowest BCUT2D eigenvalue weighted by atomic mass is 10.0. The van der Waals surface area contributed by atoms with Gasteiger partial charge in [0.15, 0.2) is 0 Å². The fourth-order valence-corrected chi connectivity index (χ4v) is 4.54. The summed E-state index contributed by atoms with van der Waals surface area (Å²) in [6.45, 7) is 5.50. The third kappa shape index (κ3) is 3.67. The molecular formula is C18H19BrClN3OS. The van der Waals surface area contributed by atoms with Crippen LogP contribution in [-0.4, -0.2) is 34.8 Å². The first-order valence-corrected chi connectivity index (χ1v) is 10.2. The molecule has 2 aromatic heterocycles. The SMILES string of the molecule is CCc1sc2nc(Cl)nc(N(CC)CCO)c2c1-c1ccc(Br)cc1. The van der Waals surface area contributed by atoms with E-state index in [0.29, 0.717) is 6.54 Å². The summed E-state index contributed by atoms with van der Waals surface area (Å²) in [7, 11) is 0. The van der Waals surface area contributed by atoms with Crippen molar-refractivity contribution in [2.75, 3.05) is 24.6 Å². The lowest BCUT2D eigenvalue weighted by Crippen LogP contribution is -2.27. The van der Waals surface area contributed by atoms with Gasteiger partial charge in [-0.25, -0.2) is 4.98 Å². The number of halogens is 2. The summed E-state index contributed by atoms with van der Waals surface area (Å²) in [5.74, 6) is 0.792. The van der Waals surface area contributed by atoms with Crippen LogP contribution in [0.3, 0.4) is 0 Å². The number of aliphatic hydroxyl groups is 1. The molecule has 1 N–H and O–H groups in total. The maximum atomic E-state index is 9.42. The largest absolute Gasteiger partial charge is 0.395 e. The lowest BCUT2D eigenvalue weighted by molar-refractivity contribution is 0.302. The molecule has 0 saturated carbocycles. The molecule has 3 rings (SSSR count). The zero-order chi connectivity index (χ0) is 18.0. The second kappa shape index (κ2) is 7.99. The molecule has 0 aliphatic heterocycles. The molecule has 132 valence electrons. The minimum Gasteiger partial charge on any atom is -0.395 e. The number of aryl methyl sites for hydroxylation is 1. The van der Waals surface area contributed by atoms with Crippen LogP contribution in [-0.2, 0) is 6.42 Å². The first-order valence-electron chi connectivity index (χ1n) is 8.19. The van der Waals surface area contributed by atoms with Crippen molar-refractivity contribution in [1.29, 1.82) is 0 Å². The third-order valence-electron chi connectivity index (χ3n) is 4.08. The van der Waals surface area contributed by atoms with E-state index in [4.69, 9.17) is 11.6 Å². The quantitative estimate of drug-likeness (QED) is 0.538. The molecule has 4 nitrogen and oxygen atoms in total. The predicted octanol–water partition coefficient (Wildman–Crippen LogP) is 5.16. The molecule has 7 heteroatoms. The zero-order valence-corrected chi connectivity index (χ0v) is 17.2. The number of aliphatic hydroxyl groups excluding tert-OH is 1. The molecule has 0 radical (unpaired) electrons. The first kappa shape index (κ1) is 18.6. The second-order valence-corrected chi connectivity index (χ2v) is 7.90. The maximum Gasteiger partial charge on any atom is 0.225 e. The molecule has 2 heterocycles. The van der Waals surface area contributed by atoms with E-state index in [0.717, 1.165) is 44.6 Å². The number of rotatable bonds is 6. The molecular weight excluding hydrogens is 422 g/mol. The average Bonchev–Trinajstić information content (AvgIpc) is 2.98. The second-order valence-electron chi connectivity index (χ2n) is 5.56. The number of hydrogen-bond acceptors (Lipinski definition) is 5. The van der Waals surface area contributed by atoms with Gasteiger partial charge in [-0.1, -0.05) is 35.0 Å². The molecule has 0 aliphatic carbocycles. The maximum absolute atomic E-state index is 9.42. The van der Waals surface area contributed by atoms with Crippen LogP contribution in [0.1, 0.15) is 18.7 Å². The van der Waals surface area contributed by atoms with Gasteiger partial charge < -0.3 is 10.0 Å². The standard InChI is InChI=1S/C18H19BrClN3OS/c1-3-13-14(11-5-7-12(19)8-6-11)15-16(23(4-2)9-10-24)21-18(20)22-17(15)25-13/h5-8,24H,3-4,9-10H2,1-2H3. The van der Waals surface area contributed by atoms with Gasteiger partial charge in [-0.2, -0.15) is 4.98 Å². The van der Waals surface area contributed by atoms with Crippen LogP contribution in [0.4, 0.5) is 5.82 Å². The highest BCUT2D eigenvalue weighted by Crippen LogP contribution is 2.43. The van der Waals surface area contributed by atoms with Crippen LogP contribution < -0.4 is 4.90 Å². The van der Waals surface area contributed by atoms with E-state index in [1.165, 1.54) is 4.88 Å². The van der Waals surface area contributed by atoms with E-state index >= 15 is 0 Å². The summed E-state index contributed by atoms with van der Waals surface area (Å²) in [4.78, 5) is 13.2. The van der Waals surface area contributed by atoms with Gasteiger partial charge in [-0.3, -0.25) is 0 Å². The van der Waals surface area contributed by atoms with E-state index in [1.54, 1.807) is 11.3 Å². The van der Waals surface area contributed by atoms with Gasteiger partial charge in [0.05, 0.1) is 12.0 Å². The molecule has 0 unspecified atom stereocenters. The number of thiophene rings is 1. The average molecular weight is 441 g/mol. The van der Waals surface area contributed by atoms with Crippen molar-refractivity contribution in [3.05, 3.63) is 38.9 Å².